The summed E-state index contributed by atoms with van der Waals surface area (Å²) in [5, 5.41) is 10.3. The van der Waals surface area contributed by atoms with Crippen LogP contribution in [0.5, 0.6) is 0 Å². The smallest absolute Gasteiger partial charge is 0.0547 e. The van der Waals surface area contributed by atoms with Crippen LogP contribution in [-0.4, -0.2) is 4.57 Å². The van der Waals surface area contributed by atoms with Crippen molar-refractivity contribution in [3.63, 3.8) is 0 Å². The van der Waals surface area contributed by atoms with Gasteiger partial charge in [0, 0.05) is 16.5 Å². The first-order chi connectivity index (χ1) is 21.3. The zero-order valence-corrected chi connectivity index (χ0v) is 23.4. The van der Waals surface area contributed by atoms with Gasteiger partial charge in [0.15, 0.2) is 0 Å². The molecule has 0 spiro atoms. The maximum absolute atomic E-state index is 2.42. The Labute approximate surface area is 248 Å². The van der Waals surface area contributed by atoms with Gasteiger partial charge in [0.1, 0.15) is 0 Å². The van der Waals surface area contributed by atoms with Gasteiger partial charge in [0.05, 0.1) is 11.0 Å². The van der Waals surface area contributed by atoms with E-state index in [4.69, 9.17) is 0 Å². The van der Waals surface area contributed by atoms with Crippen LogP contribution in [-0.2, 0) is 0 Å². The Balaban J connectivity index is 1.14. The van der Waals surface area contributed by atoms with Crippen molar-refractivity contribution in [3.05, 3.63) is 152 Å². The second-order valence-corrected chi connectivity index (χ2v) is 11.8. The van der Waals surface area contributed by atoms with E-state index in [1.165, 1.54) is 93.2 Å². The lowest BCUT2D eigenvalue weighted by Crippen LogP contribution is -1.94. The van der Waals surface area contributed by atoms with Gasteiger partial charge in [-0.1, -0.05) is 109 Å². The molecule has 1 heteroatoms. The predicted octanol–water partition coefficient (Wildman–Crippen LogP) is 11.6. The maximum Gasteiger partial charge on any atom is 0.0547 e. The lowest BCUT2D eigenvalue weighted by molar-refractivity contribution is 1.19. The summed E-state index contributed by atoms with van der Waals surface area (Å²) < 4.78 is 2.42. The topological polar surface area (TPSA) is 4.93 Å². The van der Waals surface area contributed by atoms with E-state index in [9.17, 15) is 0 Å². The largest absolute Gasteiger partial charge is 0.309 e. The van der Waals surface area contributed by atoms with Crippen molar-refractivity contribution in [3.8, 4) is 39.1 Å². The molecular formula is C42H25N. The quantitative estimate of drug-likeness (QED) is 0.204. The fraction of sp³-hybridized carbons (Fsp3) is 0. The molecule has 1 aromatic heterocycles. The van der Waals surface area contributed by atoms with E-state index < -0.39 is 0 Å². The number of fused-ring (bicyclic) bond motifs is 9. The number of nitrogens with zero attached hydrogens (tertiary/aromatic N) is 1. The average Bonchev–Trinajstić information content (AvgIpc) is 3.58. The number of para-hydroxylation sites is 1. The molecule has 8 aromatic carbocycles. The normalized spacial score (nSPS) is 12.2. The van der Waals surface area contributed by atoms with Crippen molar-refractivity contribution < 1.29 is 0 Å². The zero-order chi connectivity index (χ0) is 28.1. The number of aromatic nitrogens is 1. The Bertz CT molecular complexity index is 2620. The van der Waals surface area contributed by atoms with Crippen molar-refractivity contribution in [2.75, 3.05) is 0 Å². The van der Waals surface area contributed by atoms with Crippen LogP contribution in [0.3, 0.4) is 0 Å². The summed E-state index contributed by atoms with van der Waals surface area (Å²) >= 11 is 0. The average molecular weight is 544 g/mol. The van der Waals surface area contributed by atoms with Crippen molar-refractivity contribution >= 4 is 54.1 Å². The minimum absolute atomic E-state index is 1.18. The molecule has 0 radical (unpaired) electrons. The standard InChI is InChI=1S/C42H25N/c1-2-10-33-26(8-1)19-21-40-42(33)37-13-5-6-15-39(37)43(40)32-20-18-27-22-28(16-17-29(27)24-32)31-23-30-9-7-14-36-34-11-3-4-12-35(34)38(25-31)41(30)36/h1-25H. The highest BCUT2D eigenvalue weighted by Gasteiger charge is 2.21. The number of benzene rings is 8. The third-order valence-electron chi connectivity index (χ3n) is 9.46. The molecule has 1 heterocycles. The number of hydrogen-bond acceptors (Lipinski definition) is 0. The summed E-state index contributed by atoms with van der Waals surface area (Å²) in [5.41, 5.74) is 11.5. The van der Waals surface area contributed by atoms with E-state index in [1.807, 2.05) is 0 Å². The molecule has 0 N–H and O–H groups in total. The van der Waals surface area contributed by atoms with E-state index in [1.54, 1.807) is 0 Å². The van der Waals surface area contributed by atoms with Crippen molar-refractivity contribution in [1.82, 2.24) is 4.57 Å². The fourth-order valence-electron chi connectivity index (χ4n) is 7.55. The summed E-state index contributed by atoms with van der Waals surface area (Å²) in [4.78, 5) is 0. The van der Waals surface area contributed by atoms with Gasteiger partial charge in [-0.2, -0.15) is 0 Å². The Hall–Kier alpha value is -5.66. The molecule has 1 nitrogen and oxygen atoms in total. The molecular weight excluding hydrogens is 518 g/mol. The second kappa shape index (κ2) is 8.44. The van der Waals surface area contributed by atoms with E-state index in [0.717, 1.165) is 0 Å². The molecule has 0 aliphatic heterocycles. The summed E-state index contributed by atoms with van der Waals surface area (Å²) in [6, 6.07) is 56.0. The zero-order valence-electron chi connectivity index (χ0n) is 23.4. The SMILES string of the molecule is c1ccc2c(c1)-c1cccc3cc(-c4ccc5cc(-n6c7ccccc7c7c8ccccc8ccc76)ccc5c4)cc-2c13. The number of hydrogen-bond donors (Lipinski definition) is 0. The molecule has 43 heavy (non-hydrogen) atoms. The highest BCUT2D eigenvalue weighted by Crippen LogP contribution is 2.48. The van der Waals surface area contributed by atoms with Gasteiger partial charge in [-0.3, -0.25) is 0 Å². The molecule has 0 saturated carbocycles. The Morgan fingerprint density at radius 3 is 1.93 bits per heavy atom. The van der Waals surface area contributed by atoms with Gasteiger partial charge in [0.25, 0.3) is 0 Å². The van der Waals surface area contributed by atoms with E-state index >= 15 is 0 Å². The summed E-state index contributed by atoms with van der Waals surface area (Å²) in [7, 11) is 0. The molecule has 198 valence electrons. The lowest BCUT2D eigenvalue weighted by Gasteiger charge is -2.12. The third-order valence-corrected chi connectivity index (χ3v) is 9.46. The van der Waals surface area contributed by atoms with Crippen LogP contribution in [0.15, 0.2) is 152 Å². The minimum Gasteiger partial charge on any atom is -0.309 e. The lowest BCUT2D eigenvalue weighted by atomic mass is 9.95. The van der Waals surface area contributed by atoms with Crippen LogP contribution < -0.4 is 0 Å². The molecule has 0 fully saturated rings. The van der Waals surface area contributed by atoms with Crippen LogP contribution in [0.2, 0.25) is 0 Å². The Kier molecular flexibility index (Phi) is 4.51. The summed E-state index contributed by atoms with van der Waals surface area (Å²) in [6.07, 6.45) is 0. The van der Waals surface area contributed by atoms with Gasteiger partial charge in [-0.15, -0.1) is 0 Å². The maximum atomic E-state index is 2.42. The first-order valence-corrected chi connectivity index (χ1v) is 14.9. The van der Waals surface area contributed by atoms with Crippen LogP contribution in [0.4, 0.5) is 0 Å². The van der Waals surface area contributed by atoms with Gasteiger partial charge in [0.2, 0.25) is 0 Å². The molecule has 1 aliphatic rings. The summed E-state index contributed by atoms with van der Waals surface area (Å²) in [6.45, 7) is 0. The predicted molar refractivity (Wildman–Crippen MR) is 183 cm³/mol. The van der Waals surface area contributed by atoms with Crippen molar-refractivity contribution in [2.24, 2.45) is 0 Å². The molecule has 9 aromatic rings. The fourth-order valence-corrected chi connectivity index (χ4v) is 7.55. The molecule has 10 rings (SSSR count). The Morgan fingerprint density at radius 2 is 1.00 bits per heavy atom. The van der Waals surface area contributed by atoms with E-state index in [2.05, 4.69) is 156 Å². The van der Waals surface area contributed by atoms with Gasteiger partial charge < -0.3 is 4.57 Å². The van der Waals surface area contributed by atoms with Crippen molar-refractivity contribution in [1.29, 1.82) is 0 Å². The first-order valence-electron chi connectivity index (χ1n) is 14.9. The van der Waals surface area contributed by atoms with Crippen molar-refractivity contribution in [2.45, 2.75) is 0 Å². The number of rotatable bonds is 2. The molecule has 0 saturated heterocycles. The van der Waals surface area contributed by atoms with Crippen LogP contribution in [0, 0.1) is 0 Å². The monoisotopic (exact) mass is 543 g/mol. The van der Waals surface area contributed by atoms with E-state index in [0.29, 0.717) is 0 Å². The molecule has 0 bridgehead atoms. The van der Waals surface area contributed by atoms with E-state index in [-0.39, 0.29) is 0 Å². The Morgan fingerprint density at radius 1 is 0.326 bits per heavy atom. The third kappa shape index (κ3) is 3.17. The van der Waals surface area contributed by atoms with Gasteiger partial charge >= 0.3 is 0 Å². The highest BCUT2D eigenvalue weighted by atomic mass is 15.0. The second-order valence-electron chi connectivity index (χ2n) is 11.8. The van der Waals surface area contributed by atoms with Crippen LogP contribution >= 0.6 is 0 Å². The molecule has 0 atom stereocenters. The minimum atomic E-state index is 1.18. The molecule has 0 amide bonds. The summed E-state index contributed by atoms with van der Waals surface area (Å²) in [5.74, 6) is 0. The molecule has 0 unspecified atom stereocenters. The molecule has 1 aliphatic carbocycles. The van der Waals surface area contributed by atoms with Crippen LogP contribution in [0.25, 0.3) is 93.2 Å². The van der Waals surface area contributed by atoms with Crippen LogP contribution in [0.1, 0.15) is 0 Å². The van der Waals surface area contributed by atoms with Gasteiger partial charge in [-0.05, 0) is 108 Å². The first kappa shape index (κ1) is 23.0. The highest BCUT2D eigenvalue weighted by molar-refractivity contribution is 6.21. The van der Waals surface area contributed by atoms with Gasteiger partial charge in [-0.25, -0.2) is 0 Å².